The molecule has 3 aliphatic heterocycles. The zero-order valence-corrected chi connectivity index (χ0v) is 24.5. The number of ether oxygens (including phenoxy) is 2. The topological polar surface area (TPSA) is 99.7 Å². The number of nitrogens with zero attached hydrogens (tertiary/aromatic N) is 4. The van der Waals surface area contributed by atoms with Crippen molar-refractivity contribution in [1.82, 2.24) is 19.0 Å². The molecule has 2 amide bonds. The van der Waals surface area contributed by atoms with Crippen LogP contribution >= 0.6 is 0 Å². The van der Waals surface area contributed by atoms with Crippen LogP contribution in [0.25, 0.3) is 0 Å². The maximum atomic E-state index is 13.2. The van der Waals surface area contributed by atoms with Crippen LogP contribution < -0.4 is 4.74 Å². The second kappa shape index (κ2) is 13.4. The number of rotatable bonds is 10. The van der Waals surface area contributed by atoms with Gasteiger partial charge < -0.3 is 24.2 Å². The number of aryl methyl sites for hydroxylation is 1. The van der Waals surface area contributed by atoms with Gasteiger partial charge in [-0.15, -0.1) is 0 Å². The Morgan fingerprint density at radius 3 is 2.44 bits per heavy atom. The van der Waals surface area contributed by atoms with E-state index in [1.807, 2.05) is 4.90 Å². The standard InChI is InChI=1S/C28H44N4O6S/c1-22-19-25(37-3)20-23-7-16-32(39(35,36)28(22)23)17-18-38-21-27(34)29(2)24-8-14-31(15-9-24)26(33)10-13-30-11-5-4-6-12-30/h19-20,24H,4-18,21H2,1-3H3. The normalized spacial score (nSPS) is 20.4. The summed E-state index contributed by atoms with van der Waals surface area (Å²) in [7, 11) is -0.271. The Balaban J connectivity index is 1.17. The molecule has 0 aromatic heterocycles. The average molecular weight is 565 g/mol. The number of amides is 2. The Morgan fingerprint density at radius 1 is 1.03 bits per heavy atom. The lowest BCUT2D eigenvalue weighted by Crippen LogP contribution is -2.48. The van der Waals surface area contributed by atoms with Crippen LogP contribution in [-0.2, 0) is 30.8 Å². The summed E-state index contributed by atoms with van der Waals surface area (Å²) < 4.78 is 38.7. The van der Waals surface area contributed by atoms with Crippen molar-refractivity contribution in [3.63, 3.8) is 0 Å². The van der Waals surface area contributed by atoms with Gasteiger partial charge in [-0.3, -0.25) is 9.59 Å². The van der Waals surface area contributed by atoms with Gasteiger partial charge in [0.25, 0.3) is 0 Å². The van der Waals surface area contributed by atoms with Crippen molar-refractivity contribution >= 4 is 21.8 Å². The summed E-state index contributed by atoms with van der Waals surface area (Å²) in [5.41, 5.74) is 1.44. The number of benzene rings is 1. The first-order chi connectivity index (χ1) is 18.7. The van der Waals surface area contributed by atoms with Gasteiger partial charge in [-0.2, -0.15) is 4.31 Å². The van der Waals surface area contributed by atoms with E-state index in [2.05, 4.69) is 4.90 Å². The first-order valence-corrected chi connectivity index (χ1v) is 15.7. The molecule has 11 heteroatoms. The molecular formula is C28H44N4O6S. The van der Waals surface area contributed by atoms with Crippen molar-refractivity contribution in [2.75, 3.05) is 73.2 Å². The van der Waals surface area contributed by atoms with Crippen molar-refractivity contribution in [3.05, 3.63) is 23.3 Å². The number of carbonyl (C=O) groups is 2. The quantitative estimate of drug-likeness (QED) is 0.400. The Kier molecular flexibility index (Phi) is 10.3. The highest BCUT2D eigenvalue weighted by atomic mass is 32.2. The maximum absolute atomic E-state index is 13.2. The minimum absolute atomic E-state index is 0.0752. The number of sulfonamides is 1. The van der Waals surface area contributed by atoms with Crippen LogP contribution in [0.3, 0.4) is 0 Å². The zero-order valence-electron chi connectivity index (χ0n) is 23.7. The van der Waals surface area contributed by atoms with E-state index in [1.54, 1.807) is 38.1 Å². The van der Waals surface area contributed by atoms with Gasteiger partial charge in [0.15, 0.2) is 0 Å². The highest BCUT2D eigenvalue weighted by molar-refractivity contribution is 7.89. The molecule has 2 saturated heterocycles. The molecule has 0 unspecified atom stereocenters. The van der Waals surface area contributed by atoms with Crippen LogP contribution in [-0.4, -0.2) is 118 Å². The van der Waals surface area contributed by atoms with Crippen LogP contribution in [0, 0.1) is 6.92 Å². The summed E-state index contributed by atoms with van der Waals surface area (Å²) >= 11 is 0. The molecular weight excluding hydrogens is 520 g/mol. The predicted molar refractivity (Wildman–Crippen MR) is 148 cm³/mol. The molecule has 10 nitrogen and oxygen atoms in total. The summed E-state index contributed by atoms with van der Waals surface area (Å²) in [6.45, 7) is 6.78. The predicted octanol–water partition coefficient (Wildman–Crippen LogP) is 1.89. The first kappa shape index (κ1) is 29.8. The van der Waals surface area contributed by atoms with Crippen LogP contribution in [0.4, 0.5) is 0 Å². The number of carbonyl (C=O) groups excluding carboxylic acids is 2. The molecule has 0 bridgehead atoms. The van der Waals surface area contributed by atoms with E-state index in [9.17, 15) is 18.0 Å². The smallest absolute Gasteiger partial charge is 0.248 e. The Labute approximate surface area is 233 Å². The third kappa shape index (κ3) is 7.31. The number of hydrogen-bond acceptors (Lipinski definition) is 7. The molecule has 0 atom stereocenters. The van der Waals surface area contributed by atoms with Crippen LogP contribution in [0.2, 0.25) is 0 Å². The zero-order chi connectivity index (χ0) is 28.0. The number of piperidine rings is 2. The SMILES string of the molecule is COc1cc(C)c2c(c1)CCN(CCOCC(=O)N(C)C1CCN(C(=O)CCN3CCCCC3)CC1)S2(=O)=O. The van der Waals surface area contributed by atoms with E-state index in [-0.39, 0.29) is 37.6 Å². The van der Waals surface area contributed by atoms with Gasteiger partial charge >= 0.3 is 0 Å². The van der Waals surface area contributed by atoms with Gasteiger partial charge in [-0.1, -0.05) is 6.42 Å². The summed E-state index contributed by atoms with van der Waals surface area (Å²) in [5.74, 6) is 0.742. The molecule has 4 rings (SSSR count). The molecule has 2 fully saturated rings. The van der Waals surface area contributed by atoms with E-state index in [0.717, 1.165) is 38.0 Å². The van der Waals surface area contributed by atoms with E-state index >= 15 is 0 Å². The van der Waals surface area contributed by atoms with E-state index in [0.29, 0.717) is 48.7 Å². The van der Waals surface area contributed by atoms with Crippen LogP contribution in [0.15, 0.2) is 17.0 Å². The largest absolute Gasteiger partial charge is 0.497 e. The second-order valence-corrected chi connectivity index (χ2v) is 12.8. The average Bonchev–Trinajstić information content (AvgIpc) is 2.94. The van der Waals surface area contributed by atoms with Crippen LogP contribution in [0.1, 0.15) is 49.7 Å². The van der Waals surface area contributed by atoms with Gasteiger partial charge in [0.05, 0.1) is 18.6 Å². The molecule has 39 heavy (non-hydrogen) atoms. The molecule has 0 saturated carbocycles. The van der Waals surface area contributed by atoms with Crippen molar-refractivity contribution in [1.29, 1.82) is 0 Å². The molecule has 0 radical (unpaired) electrons. The molecule has 0 N–H and O–H groups in total. The molecule has 3 heterocycles. The Bertz CT molecular complexity index is 1110. The molecule has 1 aromatic rings. The first-order valence-electron chi connectivity index (χ1n) is 14.2. The van der Waals surface area contributed by atoms with E-state index in [4.69, 9.17) is 9.47 Å². The minimum atomic E-state index is -3.63. The number of methoxy groups -OCH3 is 1. The van der Waals surface area contributed by atoms with Gasteiger partial charge in [-0.05, 0) is 75.4 Å². The number of likely N-dealkylation sites (tertiary alicyclic amines) is 2. The lowest BCUT2D eigenvalue weighted by molar-refractivity contribution is -0.139. The molecule has 0 spiro atoms. The second-order valence-electron chi connectivity index (χ2n) is 10.9. The van der Waals surface area contributed by atoms with Crippen molar-refractivity contribution in [2.24, 2.45) is 0 Å². The fourth-order valence-corrected chi connectivity index (χ4v) is 7.80. The van der Waals surface area contributed by atoms with Gasteiger partial charge in [0.1, 0.15) is 12.4 Å². The van der Waals surface area contributed by atoms with E-state index < -0.39 is 10.0 Å². The summed E-state index contributed by atoms with van der Waals surface area (Å²) in [6, 6.07) is 3.60. The van der Waals surface area contributed by atoms with Crippen molar-refractivity contribution in [3.8, 4) is 5.75 Å². The van der Waals surface area contributed by atoms with Gasteiger partial charge in [0, 0.05) is 52.2 Å². The third-order valence-corrected chi connectivity index (χ3v) is 10.5. The fourth-order valence-electron chi connectivity index (χ4n) is 5.94. The molecule has 1 aromatic carbocycles. The van der Waals surface area contributed by atoms with Crippen molar-refractivity contribution < 1.29 is 27.5 Å². The van der Waals surface area contributed by atoms with Crippen LogP contribution in [0.5, 0.6) is 5.75 Å². The Hall–Kier alpha value is -2.21. The lowest BCUT2D eigenvalue weighted by atomic mass is 10.0. The number of likely N-dealkylation sites (N-methyl/N-ethyl adjacent to an activating group) is 1. The molecule has 0 aliphatic carbocycles. The number of fused-ring (bicyclic) bond motifs is 1. The molecule has 218 valence electrons. The minimum Gasteiger partial charge on any atom is -0.497 e. The summed E-state index contributed by atoms with van der Waals surface area (Å²) in [4.78, 5) is 31.8. The third-order valence-electron chi connectivity index (χ3n) is 8.35. The maximum Gasteiger partial charge on any atom is 0.248 e. The summed E-state index contributed by atoms with van der Waals surface area (Å²) in [6.07, 6.45) is 6.44. The monoisotopic (exact) mass is 564 g/mol. The summed E-state index contributed by atoms with van der Waals surface area (Å²) in [5, 5.41) is 0. The van der Waals surface area contributed by atoms with Gasteiger partial charge in [0.2, 0.25) is 21.8 Å². The lowest BCUT2D eigenvalue weighted by Gasteiger charge is -2.37. The fraction of sp³-hybridized carbons (Fsp3) is 0.714. The number of hydrogen-bond donors (Lipinski definition) is 0. The van der Waals surface area contributed by atoms with E-state index in [1.165, 1.54) is 23.6 Å². The molecule has 3 aliphatic rings. The highest BCUT2D eigenvalue weighted by Crippen LogP contribution is 2.32. The van der Waals surface area contributed by atoms with Crippen molar-refractivity contribution in [2.45, 2.75) is 62.8 Å². The Morgan fingerprint density at radius 2 is 1.74 bits per heavy atom. The van der Waals surface area contributed by atoms with Gasteiger partial charge in [-0.25, -0.2) is 8.42 Å². The highest BCUT2D eigenvalue weighted by Gasteiger charge is 2.33.